The summed E-state index contributed by atoms with van der Waals surface area (Å²) in [7, 11) is 2.05. The second kappa shape index (κ2) is 3.11. The summed E-state index contributed by atoms with van der Waals surface area (Å²) < 4.78 is 0. The average Bonchev–Trinajstić information content (AvgIpc) is 2.67. The van der Waals surface area contributed by atoms with E-state index in [0.717, 1.165) is 11.8 Å². The van der Waals surface area contributed by atoms with Gasteiger partial charge in [-0.1, -0.05) is 0 Å². The molecule has 0 aromatic heterocycles. The first-order valence-electron chi connectivity index (χ1n) is 4.75. The van der Waals surface area contributed by atoms with Gasteiger partial charge in [0.15, 0.2) is 0 Å². The Morgan fingerprint density at radius 3 is 2.55 bits per heavy atom. The van der Waals surface area contributed by atoms with Crippen molar-refractivity contribution in [3.8, 4) is 0 Å². The van der Waals surface area contributed by atoms with E-state index >= 15 is 0 Å². The molecule has 1 saturated carbocycles. The first-order valence-corrected chi connectivity index (χ1v) is 4.75. The van der Waals surface area contributed by atoms with Gasteiger partial charge < -0.3 is 10.2 Å². The average molecular weight is 154 g/mol. The SMILES string of the molecule is CNCC1CN(CC2CC2)C1. The van der Waals surface area contributed by atoms with Crippen LogP contribution >= 0.6 is 0 Å². The molecule has 2 nitrogen and oxygen atoms in total. The fraction of sp³-hybridized carbons (Fsp3) is 1.00. The maximum atomic E-state index is 3.23. The van der Waals surface area contributed by atoms with Gasteiger partial charge >= 0.3 is 0 Å². The second-order valence-electron chi connectivity index (χ2n) is 4.09. The fourth-order valence-electron chi connectivity index (χ4n) is 1.91. The van der Waals surface area contributed by atoms with E-state index in [-0.39, 0.29) is 0 Å². The predicted molar refractivity (Wildman–Crippen MR) is 46.6 cm³/mol. The van der Waals surface area contributed by atoms with Gasteiger partial charge in [-0.2, -0.15) is 0 Å². The summed E-state index contributed by atoms with van der Waals surface area (Å²) in [5, 5.41) is 3.23. The highest BCUT2D eigenvalue weighted by Crippen LogP contribution is 2.31. The van der Waals surface area contributed by atoms with E-state index in [0.29, 0.717) is 0 Å². The van der Waals surface area contributed by atoms with Crippen LogP contribution in [0, 0.1) is 11.8 Å². The molecule has 64 valence electrons. The van der Waals surface area contributed by atoms with Gasteiger partial charge in [0.1, 0.15) is 0 Å². The molecule has 2 aliphatic rings. The zero-order chi connectivity index (χ0) is 7.68. The van der Waals surface area contributed by atoms with Crippen LogP contribution in [0.3, 0.4) is 0 Å². The standard InChI is InChI=1S/C9H18N2/c1-10-4-9-6-11(7-9)5-8-2-3-8/h8-10H,2-7H2,1H3. The van der Waals surface area contributed by atoms with Crippen LogP contribution < -0.4 is 5.32 Å². The Labute approximate surface area is 69.0 Å². The monoisotopic (exact) mass is 154 g/mol. The van der Waals surface area contributed by atoms with Gasteiger partial charge in [-0.05, 0) is 31.7 Å². The Bertz CT molecular complexity index is 126. The number of nitrogens with zero attached hydrogens (tertiary/aromatic N) is 1. The van der Waals surface area contributed by atoms with E-state index in [9.17, 15) is 0 Å². The van der Waals surface area contributed by atoms with E-state index in [1.807, 2.05) is 7.05 Å². The molecule has 11 heavy (non-hydrogen) atoms. The Morgan fingerprint density at radius 2 is 2.00 bits per heavy atom. The number of hydrogen-bond acceptors (Lipinski definition) is 2. The topological polar surface area (TPSA) is 15.3 Å². The maximum Gasteiger partial charge on any atom is 0.00343 e. The Balaban J connectivity index is 1.56. The molecule has 1 aliphatic carbocycles. The zero-order valence-corrected chi connectivity index (χ0v) is 7.34. The lowest BCUT2D eigenvalue weighted by atomic mass is 10.00. The Hall–Kier alpha value is -0.0800. The highest BCUT2D eigenvalue weighted by Gasteiger charge is 2.31. The molecule has 0 unspecified atom stereocenters. The molecular weight excluding hydrogens is 136 g/mol. The smallest absolute Gasteiger partial charge is 0.00343 e. The quantitative estimate of drug-likeness (QED) is 0.636. The van der Waals surface area contributed by atoms with Crippen molar-refractivity contribution in [2.75, 3.05) is 33.2 Å². The molecule has 2 rings (SSSR count). The van der Waals surface area contributed by atoms with Gasteiger partial charge in [-0.3, -0.25) is 0 Å². The van der Waals surface area contributed by atoms with E-state index in [4.69, 9.17) is 0 Å². The minimum Gasteiger partial charge on any atom is -0.319 e. The second-order valence-corrected chi connectivity index (χ2v) is 4.09. The van der Waals surface area contributed by atoms with Crippen LogP contribution in [-0.4, -0.2) is 38.1 Å². The molecular formula is C9H18N2. The first kappa shape index (κ1) is 7.56. The number of nitrogens with one attached hydrogen (secondary N) is 1. The van der Waals surface area contributed by atoms with Crippen LogP contribution in [0.2, 0.25) is 0 Å². The summed E-state index contributed by atoms with van der Waals surface area (Å²) in [6.45, 7) is 5.29. The summed E-state index contributed by atoms with van der Waals surface area (Å²) >= 11 is 0. The van der Waals surface area contributed by atoms with Crippen LogP contribution in [-0.2, 0) is 0 Å². The molecule has 1 heterocycles. The molecule has 0 atom stereocenters. The molecule has 2 fully saturated rings. The molecule has 1 N–H and O–H groups in total. The van der Waals surface area contributed by atoms with E-state index in [1.165, 1.54) is 39.0 Å². The highest BCUT2D eigenvalue weighted by molar-refractivity contribution is 4.85. The van der Waals surface area contributed by atoms with Gasteiger partial charge in [-0.25, -0.2) is 0 Å². The minimum absolute atomic E-state index is 0.943. The summed E-state index contributed by atoms with van der Waals surface area (Å²) in [6.07, 6.45) is 2.99. The third-order valence-corrected chi connectivity index (χ3v) is 2.74. The summed E-state index contributed by atoms with van der Waals surface area (Å²) in [6, 6.07) is 0. The van der Waals surface area contributed by atoms with Crippen LogP contribution in [0.4, 0.5) is 0 Å². The van der Waals surface area contributed by atoms with Crippen LogP contribution in [0.1, 0.15) is 12.8 Å². The fourth-order valence-corrected chi connectivity index (χ4v) is 1.91. The van der Waals surface area contributed by atoms with Crippen molar-refractivity contribution < 1.29 is 0 Å². The van der Waals surface area contributed by atoms with Crippen molar-refractivity contribution in [2.24, 2.45) is 11.8 Å². The third kappa shape index (κ3) is 1.94. The van der Waals surface area contributed by atoms with E-state index < -0.39 is 0 Å². The normalized spacial score (nSPS) is 27.0. The van der Waals surface area contributed by atoms with Crippen molar-refractivity contribution in [1.29, 1.82) is 0 Å². The molecule has 0 aromatic rings. The third-order valence-electron chi connectivity index (χ3n) is 2.74. The highest BCUT2D eigenvalue weighted by atomic mass is 15.2. The molecule has 2 heteroatoms. The summed E-state index contributed by atoms with van der Waals surface area (Å²) in [4.78, 5) is 2.60. The van der Waals surface area contributed by atoms with Crippen molar-refractivity contribution in [1.82, 2.24) is 10.2 Å². The number of hydrogen-bond donors (Lipinski definition) is 1. The molecule has 0 amide bonds. The summed E-state index contributed by atoms with van der Waals surface area (Å²) in [5.41, 5.74) is 0. The van der Waals surface area contributed by atoms with Crippen molar-refractivity contribution in [3.05, 3.63) is 0 Å². The maximum absolute atomic E-state index is 3.23. The molecule has 0 bridgehead atoms. The lowest BCUT2D eigenvalue weighted by Gasteiger charge is -2.39. The molecule has 0 aromatic carbocycles. The lowest BCUT2D eigenvalue weighted by Crippen LogP contribution is -2.50. The van der Waals surface area contributed by atoms with Crippen LogP contribution in [0.5, 0.6) is 0 Å². The van der Waals surface area contributed by atoms with E-state index in [2.05, 4.69) is 10.2 Å². The van der Waals surface area contributed by atoms with Crippen molar-refractivity contribution in [2.45, 2.75) is 12.8 Å². The molecule has 0 spiro atoms. The molecule has 1 saturated heterocycles. The van der Waals surface area contributed by atoms with Gasteiger partial charge in [0.25, 0.3) is 0 Å². The largest absolute Gasteiger partial charge is 0.319 e. The summed E-state index contributed by atoms with van der Waals surface area (Å²) in [5.74, 6) is 2.02. The van der Waals surface area contributed by atoms with Gasteiger partial charge in [0.2, 0.25) is 0 Å². The van der Waals surface area contributed by atoms with Crippen LogP contribution in [0.25, 0.3) is 0 Å². The van der Waals surface area contributed by atoms with E-state index in [1.54, 1.807) is 0 Å². The molecule has 0 radical (unpaired) electrons. The van der Waals surface area contributed by atoms with Crippen LogP contribution in [0.15, 0.2) is 0 Å². The minimum atomic E-state index is 0.943. The number of likely N-dealkylation sites (tertiary alicyclic amines) is 1. The lowest BCUT2D eigenvalue weighted by molar-refractivity contribution is 0.0958. The predicted octanol–water partition coefficient (Wildman–Crippen LogP) is 0.548. The first-order chi connectivity index (χ1) is 5.38. The van der Waals surface area contributed by atoms with Crippen molar-refractivity contribution in [3.63, 3.8) is 0 Å². The van der Waals surface area contributed by atoms with Gasteiger partial charge in [0.05, 0.1) is 0 Å². The molecule has 1 aliphatic heterocycles. The van der Waals surface area contributed by atoms with Gasteiger partial charge in [-0.15, -0.1) is 0 Å². The zero-order valence-electron chi connectivity index (χ0n) is 7.34. The van der Waals surface area contributed by atoms with Crippen molar-refractivity contribution >= 4 is 0 Å². The number of rotatable bonds is 4. The van der Waals surface area contributed by atoms with Gasteiger partial charge in [0, 0.05) is 26.2 Å². The Morgan fingerprint density at radius 1 is 1.27 bits per heavy atom. The Kier molecular flexibility index (Phi) is 2.14.